The molecule has 1 unspecified atom stereocenters. The summed E-state index contributed by atoms with van der Waals surface area (Å²) in [6.07, 6.45) is 0. The fourth-order valence-corrected chi connectivity index (χ4v) is 4.57. The van der Waals surface area contributed by atoms with E-state index in [1.807, 2.05) is 0 Å². The van der Waals surface area contributed by atoms with Crippen LogP contribution in [0.15, 0.2) is 62.1 Å². The summed E-state index contributed by atoms with van der Waals surface area (Å²) in [5.74, 6) is 0. The highest BCUT2D eigenvalue weighted by Gasteiger charge is 2.18. The SMILES string of the molecule is Cc1ccc(S(=O)(=O)N=S(N)(=O)c2ccc([N+](=O)[O-])cc2)cc1. The molecule has 0 saturated carbocycles. The molecule has 2 N–H and O–H groups in total. The molecule has 0 amide bonds. The van der Waals surface area contributed by atoms with Gasteiger partial charge in [0.25, 0.3) is 15.7 Å². The molecular formula is C13H13N3O5S2. The van der Waals surface area contributed by atoms with Gasteiger partial charge in [-0.1, -0.05) is 21.5 Å². The highest BCUT2D eigenvalue weighted by Crippen LogP contribution is 2.20. The Hall–Kier alpha value is -2.30. The Balaban J connectivity index is 2.48. The van der Waals surface area contributed by atoms with E-state index in [4.69, 9.17) is 5.14 Å². The molecule has 8 nitrogen and oxygen atoms in total. The fourth-order valence-electron chi connectivity index (χ4n) is 1.70. The van der Waals surface area contributed by atoms with Gasteiger partial charge in [0.05, 0.1) is 14.7 Å². The predicted octanol–water partition coefficient (Wildman–Crippen LogP) is 1.99. The van der Waals surface area contributed by atoms with Crippen LogP contribution in [0.5, 0.6) is 0 Å². The van der Waals surface area contributed by atoms with Gasteiger partial charge < -0.3 is 0 Å². The minimum atomic E-state index is -4.22. The van der Waals surface area contributed by atoms with E-state index in [1.54, 1.807) is 19.1 Å². The molecule has 2 aromatic rings. The summed E-state index contributed by atoms with van der Waals surface area (Å²) in [4.78, 5) is 9.70. The lowest BCUT2D eigenvalue weighted by Crippen LogP contribution is -2.15. The molecule has 0 radical (unpaired) electrons. The van der Waals surface area contributed by atoms with Gasteiger partial charge in [-0.05, 0) is 31.2 Å². The number of nitrogens with two attached hydrogens (primary N) is 1. The number of rotatable bonds is 4. The third-order valence-electron chi connectivity index (χ3n) is 2.91. The molecule has 0 heterocycles. The first-order chi connectivity index (χ1) is 10.6. The van der Waals surface area contributed by atoms with E-state index >= 15 is 0 Å². The summed E-state index contributed by atoms with van der Waals surface area (Å²) in [5.41, 5.74) is 0.623. The predicted molar refractivity (Wildman–Crippen MR) is 84.5 cm³/mol. The number of hydrogen-bond acceptors (Lipinski definition) is 5. The second kappa shape index (κ2) is 6.07. The highest BCUT2D eigenvalue weighted by molar-refractivity contribution is 8.02. The van der Waals surface area contributed by atoms with Crippen molar-refractivity contribution in [3.63, 3.8) is 0 Å². The third-order valence-corrected chi connectivity index (χ3v) is 6.40. The van der Waals surface area contributed by atoms with Crippen LogP contribution in [0.3, 0.4) is 0 Å². The monoisotopic (exact) mass is 355 g/mol. The maximum atomic E-state index is 12.4. The number of nitro benzene ring substituents is 1. The first-order valence-electron chi connectivity index (χ1n) is 6.24. The topological polar surface area (TPSA) is 133 Å². The minimum absolute atomic E-state index is 0.112. The van der Waals surface area contributed by atoms with Gasteiger partial charge in [0.15, 0.2) is 0 Å². The molecule has 0 bridgehead atoms. The Morgan fingerprint density at radius 2 is 1.43 bits per heavy atom. The number of hydrogen-bond donors (Lipinski definition) is 1. The van der Waals surface area contributed by atoms with E-state index in [9.17, 15) is 22.7 Å². The van der Waals surface area contributed by atoms with Gasteiger partial charge in [0, 0.05) is 12.1 Å². The zero-order valence-electron chi connectivity index (χ0n) is 11.9. The smallest absolute Gasteiger partial charge is 0.258 e. The molecule has 2 rings (SSSR count). The summed E-state index contributed by atoms with van der Waals surface area (Å²) in [6.45, 7) is 1.79. The Labute approximate surface area is 133 Å². The molecule has 0 aromatic heterocycles. The van der Waals surface area contributed by atoms with E-state index in [0.29, 0.717) is 0 Å². The summed E-state index contributed by atoms with van der Waals surface area (Å²) in [7, 11) is -7.97. The van der Waals surface area contributed by atoms with Gasteiger partial charge in [-0.3, -0.25) is 10.1 Å². The van der Waals surface area contributed by atoms with Crippen molar-refractivity contribution in [1.29, 1.82) is 0 Å². The summed E-state index contributed by atoms with van der Waals surface area (Å²) in [6, 6.07) is 10.2. The molecule has 0 fully saturated rings. The van der Waals surface area contributed by atoms with Crippen molar-refractivity contribution in [2.24, 2.45) is 8.91 Å². The summed E-state index contributed by atoms with van der Waals surface area (Å²) in [5, 5.41) is 16.1. The van der Waals surface area contributed by atoms with Crippen molar-refractivity contribution >= 4 is 25.6 Å². The molecular weight excluding hydrogens is 342 g/mol. The van der Waals surface area contributed by atoms with Crippen LogP contribution in [0, 0.1) is 17.0 Å². The Morgan fingerprint density at radius 3 is 1.91 bits per heavy atom. The molecule has 10 heteroatoms. The van der Waals surface area contributed by atoms with Crippen molar-refractivity contribution < 1.29 is 17.6 Å². The normalized spacial score (nSPS) is 14.0. The summed E-state index contributed by atoms with van der Waals surface area (Å²) < 4.78 is 40.0. The second-order valence-corrected chi connectivity index (χ2v) is 8.31. The first-order valence-corrected chi connectivity index (χ1v) is 9.26. The van der Waals surface area contributed by atoms with Crippen LogP contribution in [-0.2, 0) is 19.9 Å². The van der Waals surface area contributed by atoms with Crippen molar-refractivity contribution in [2.75, 3.05) is 0 Å². The van der Waals surface area contributed by atoms with E-state index in [0.717, 1.165) is 29.8 Å². The molecule has 122 valence electrons. The lowest BCUT2D eigenvalue weighted by Gasteiger charge is -2.05. The Bertz CT molecular complexity index is 958. The van der Waals surface area contributed by atoms with Gasteiger partial charge in [0.1, 0.15) is 9.92 Å². The number of sulfonamides is 1. The molecule has 0 aliphatic rings. The van der Waals surface area contributed by atoms with E-state index in [1.165, 1.54) is 12.1 Å². The number of nitrogens with zero attached hydrogens (tertiary/aromatic N) is 2. The lowest BCUT2D eigenvalue weighted by atomic mass is 10.2. The third kappa shape index (κ3) is 3.92. The molecule has 23 heavy (non-hydrogen) atoms. The molecule has 1 atom stereocenters. The van der Waals surface area contributed by atoms with Crippen molar-refractivity contribution in [3.05, 3.63) is 64.2 Å². The lowest BCUT2D eigenvalue weighted by molar-refractivity contribution is -0.384. The minimum Gasteiger partial charge on any atom is -0.258 e. The maximum absolute atomic E-state index is 12.4. The van der Waals surface area contributed by atoms with Crippen LogP contribution in [0.4, 0.5) is 5.69 Å². The van der Waals surface area contributed by atoms with Crippen LogP contribution in [0.1, 0.15) is 5.56 Å². The zero-order valence-corrected chi connectivity index (χ0v) is 13.6. The van der Waals surface area contributed by atoms with Crippen LogP contribution in [0.2, 0.25) is 0 Å². The highest BCUT2D eigenvalue weighted by atomic mass is 32.3. The molecule has 0 saturated heterocycles. The average Bonchev–Trinajstić information content (AvgIpc) is 2.46. The number of non-ortho nitro benzene ring substituents is 1. The number of benzene rings is 2. The quantitative estimate of drug-likeness (QED) is 0.661. The van der Waals surface area contributed by atoms with Crippen LogP contribution in [0.25, 0.3) is 0 Å². The van der Waals surface area contributed by atoms with Crippen molar-refractivity contribution in [1.82, 2.24) is 0 Å². The van der Waals surface area contributed by atoms with Crippen LogP contribution in [-0.4, -0.2) is 17.6 Å². The molecule has 0 spiro atoms. The summed E-state index contributed by atoms with van der Waals surface area (Å²) >= 11 is 0. The van der Waals surface area contributed by atoms with Gasteiger partial charge in [-0.2, -0.15) is 8.42 Å². The fraction of sp³-hybridized carbons (Fsp3) is 0.0769. The van der Waals surface area contributed by atoms with E-state index in [2.05, 4.69) is 3.77 Å². The molecule has 0 aliphatic heterocycles. The van der Waals surface area contributed by atoms with Gasteiger partial charge in [-0.25, -0.2) is 9.35 Å². The van der Waals surface area contributed by atoms with Crippen molar-refractivity contribution in [2.45, 2.75) is 16.7 Å². The van der Waals surface area contributed by atoms with Gasteiger partial charge in [0.2, 0.25) is 0 Å². The molecule has 2 aromatic carbocycles. The second-order valence-electron chi connectivity index (χ2n) is 4.68. The Kier molecular flexibility index (Phi) is 4.50. The number of aryl methyl sites for hydroxylation is 1. The van der Waals surface area contributed by atoms with Gasteiger partial charge >= 0.3 is 0 Å². The van der Waals surface area contributed by atoms with Crippen LogP contribution >= 0.6 is 0 Å². The zero-order chi connectivity index (χ0) is 17.3. The average molecular weight is 355 g/mol. The number of nitro groups is 1. The standard InChI is InChI=1S/C13H13N3O5S2/c1-10-2-6-13(7-3-10)23(20,21)15-22(14,19)12-8-4-11(5-9-12)16(17)18/h2-9H,1H3,(H2,14,15,19). The van der Waals surface area contributed by atoms with E-state index < -0.39 is 24.9 Å². The Morgan fingerprint density at radius 1 is 0.957 bits per heavy atom. The van der Waals surface area contributed by atoms with Crippen molar-refractivity contribution in [3.8, 4) is 0 Å². The van der Waals surface area contributed by atoms with E-state index in [-0.39, 0.29) is 15.5 Å². The van der Waals surface area contributed by atoms with Crippen LogP contribution < -0.4 is 5.14 Å². The first kappa shape index (κ1) is 17.1. The maximum Gasteiger partial charge on any atom is 0.291 e. The van der Waals surface area contributed by atoms with Gasteiger partial charge in [-0.15, -0.1) is 0 Å². The largest absolute Gasteiger partial charge is 0.291 e. The molecule has 0 aliphatic carbocycles.